The Balaban J connectivity index is 1.98. The Morgan fingerprint density at radius 3 is 1.30 bits per heavy atom. The fraction of sp³-hybridized carbons (Fsp3) is 0.0400. The maximum absolute atomic E-state index is 13.5. The maximum atomic E-state index is 13.5. The number of hydrogen-bond donors (Lipinski definition) is 0. The minimum atomic E-state index is -5.93. The Hall–Kier alpha value is -3.07. The zero-order chi connectivity index (χ0) is 23.5. The highest BCUT2D eigenvalue weighted by Gasteiger charge is 2.52. The predicted octanol–water partition coefficient (Wildman–Crippen LogP) is 7.42. The van der Waals surface area contributed by atoms with E-state index in [4.69, 9.17) is 3.63 Å². The van der Waals surface area contributed by atoms with Crippen LogP contribution in [0.25, 0.3) is 11.1 Å². The molecule has 33 heavy (non-hydrogen) atoms. The van der Waals surface area contributed by atoms with E-state index in [2.05, 4.69) is 0 Å². The van der Waals surface area contributed by atoms with E-state index < -0.39 is 25.9 Å². The highest BCUT2D eigenvalue weighted by molar-refractivity contribution is 8.33. The molecular weight excluding hydrogens is 469 g/mol. The topological polar surface area (TPSA) is 43.4 Å². The predicted molar refractivity (Wildman–Crippen MR) is 123 cm³/mol. The van der Waals surface area contributed by atoms with Gasteiger partial charge < -0.3 is 0 Å². The molecule has 0 aliphatic heterocycles. The van der Waals surface area contributed by atoms with E-state index in [9.17, 15) is 21.6 Å². The molecule has 4 aromatic carbocycles. The highest BCUT2D eigenvalue weighted by Crippen LogP contribution is 2.70. The average Bonchev–Trinajstić information content (AvgIpc) is 2.84. The van der Waals surface area contributed by atoms with Gasteiger partial charge in [-0.05, 0) is 57.8 Å². The summed E-state index contributed by atoms with van der Waals surface area (Å²) in [6.45, 7) is 0. The van der Waals surface area contributed by atoms with Crippen molar-refractivity contribution in [3.8, 4) is 11.1 Å². The third kappa shape index (κ3) is 4.55. The van der Waals surface area contributed by atoms with Crippen LogP contribution in [-0.4, -0.2) is 13.9 Å². The molecule has 0 aliphatic rings. The summed E-state index contributed by atoms with van der Waals surface area (Å²) in [6, 6.07) is 32.5. The van der Waals surface area contributed by atoms with Gasteiger partial charge in [-0.1, -0.05) is 78.9 Å². The van der Waals surface area contributed by atoms with Gasteiger partial charge in [0.1, 0.15) is 0 Å². The number of halogens is 3. The number of hydrogen-bond acceptors (Lipinski definition) is 3. The SMILES string of the molecule is O=S(=O)(OS(c1ccccc1)(c1ccccc1)c1ccc(-c2ccccc2)cc1)C(F)(F)F. The lowest BCUT2D eigenvalue weighted by molar-refractivity contribution is -0.0496. The molecule has 8 heteroatoms. The molecule has 0 aromatic heterocycles. The van der Waals surface area contributed by atoms with Gasteiger partial charge in [0.05, 0.1) is 0 Å². The van der Waals surface area contributed by atoms with E-state index in [1.807, 2.05) is 30.3 Å². The van der Waals surface area contributed by atoms with Crippen LogP contribution >= 0.6 is 10.3 Å². The Kier molecular flexibility index (Phi) is 6.34. The zero-order valence-corrected chi connectivity index (χ0v) is 18.8. The standard InChI is InChI=1S/C25H19F3O3S2/c26-25(27,28)33(29,30)31-32(22-12-6-2-7-13-22,23-14-8-3-9-15-23)24-18-16-21(17-19-24)20-10-4-1-5-11-20/h1-19H. The van der Waals surface area contributed by atoms with E-state index in [1.54, 1.807) is 84.9 Å². The van der Waals surface area contributed by atoms with Crippen LogP contribution < -0.4 is 0 Å². The summed E-state index contributed by atoms with van der Waals surface area (Å²) in [6.07, 6.45) is 0. The number of rotatable bonds is 6. The molecule has 0 fully saturated rings. The van der Waals surface area contributed by atoms with Gasteiger partial charge in [0.25, 0.3) is 0 Å². The summed E-state index contributed by atoms with van der Waals surface area (Å²) in [4.78, 5) is 0.986. The molecule has 0 spiro atoms. The van der Waals surface area contributed by atoms with Crippen LogP contribution in [0.5, 0.6) is 0 Å². The van der Waals surface area contributed by atoms with Gasteiger partial charge in [0.2, 0.25) is 0 Å². The third-order valence-electron chi connectivity index (χ3n) is 4.92. The fourth-order valence-electron chi connectivity index (χ4n) is 3.39. The monoisotopic (exact) mass is 488 g/mol. The Morgan fingerprint density at radius 1 is 0.515 bits per heavy atom. The first-order chi connectivity index (χ1) is 15.7. The fourth-order valence-corrected chi connectivity index (χ4v) is 8.14. The Morgan fingerprint density at radius 2 is 0.879 bits per heavy atom. The molecule has 0 bridgehead atoms. The molecule has 0 radical (unpaired) electrons. The second kappa shape index (κ2) is 9.05. The first kappa shape index (κ1) is 23.1. The second-order valence-corrected chi connectivity index (χ2v) is 11.5. The van der Waals surface area contributed by atoms with E-state index in [-0.39, 0.29) is 0 Å². The van der Waals surface area contributed by atoms with E-state index in [0.717, 1.165) is 11.1 Å². The molecule has 4 aromatic rings. The second-order valence-electron chi connectivity index (χ2n) is 7.04. The normalized spacial score (nSPS) is 12.9. The summed E-state index contributed by atoms with van der Waals surface area (Å²) in [5.41, 5.74) is -3.81. The van der Waals surface area contributed by atoms with Gasteiger partial charge in [-0.15, -0.1) is 0 Å². The van der Waals surface area contributed by atoms with Crippen molar-refractivity contribution >= 4 is 20.4 Å². The smallest absolute Gasteiger partial charge is 0.200 e. The van der Waals surface area contributed by atoms with Crippen molar-refractivity contribution in [1.82, 2.24) is 0 Å². The van der Waals surface area contributed by atoms with Gasteiger partial charge in [-0.2, -0.15) is 25.2 Å². The zero-order valence-electron chi connectivity index (χ0n) is 17.1. The van der Waals surface area contributed by atoms with Crippen LogP contribution in [0, 0.1) is 0 Å². The van der Waals surface area contributed by atoms with Gasteiger partial charge in [-0.25, -0.2) is 0 Å². The molecule has 0 amide bonds. The van der Waals surface area contributed by atoms with Crippen molar-refractivity contribution in [2.75, 3.05) is 0 Å². The molecule has 0 N–H and O–H groups in total. The van der Waals surface area contributed by atoms with Crippen molar-refractivity contribution in [1.29, 1.82) is 0 Å². The summed E-state index contributed by atoms with van der Waals surface area (Å²) in [5.74, 6) is 0. The summed E-state index contributed by atoms with van der Waals surface area (Å²) in [7, 11) is -9.21. The van der Waals surface area contributed by atoms with Gasteiger partial charge >= 0.3 is 15.6 Å². The third-order valence-corrected chi connectivity index (χ3v) is 9.83. The summed E-state index contributed by atoms with van der Waals surface area (Å²) >= 11 is 0. The molecule has 0 heterocycles. The lowest BCUT2D eigenvalue weighted by Gasteiger charge is -2.39. The van der Waals surface area contributed by atoms with Crippen molar-refractivity contribution in [2.24, 2.45) is 0 Å². The van der Waals surface area contributed by atoms with E-state index >= 15 is 0 Å². The first-order valence-corrected chi connectivity index (χ1v) is 12.8. The molecule has 0 atom stereocenters. The largest absolute Gasteiger partial charge is 0.524 e. The van der Waals surface area contributed by atoms with Gasteiger partial charge in [-0.3, -0.25) is 0 Å². The minimum Gasteiger partial charge on any atom is -0.200 e. The molecule has 0 saturated carbocycles. The van der Waals surface area contributed by atoms with Crippen molar-refractivity contribution < 1.29 is 25.2 Å². The van der Waals surface area contributed by atoms with E-state index in [0.29, 0.717) is 14.7 Å². The van der Waals surface area contributed by atoms with Crippen molar-refractivity contribution in [3.05, 3.63) is 115 Å². The highest BCUT2D eigenvalue weighted by atomic mass is 32.3. The van der Waals surface area contributed by atoms with Crippen LogP contribution in [-0.2, 0) is 13.7 Å². The molecule has 0 unspecified atom stereocenters. The van der Waals surface area contributed by atoms with Gasteiger partial charge in [0.15, 0.2) is 0 Å². The van der Waals surface area contributed by atoms with Gasteiger partial charge in [0, 0.05) is 14.7 Å². The lowest BCUT2D eigenvalue weighted by Crippen LogP contribution is -2.27. The molecule has 0 aliphatic carbocycles. The average molecular weight is 489 g/mol. The minimum absolute atomic E-state index is 0.326. The van der Waals surface area contributed by atoms with Crippen molar-refractivity contribution in [2.45, 2.75) is 20.2 Å². The molecule has 0 saturated heterocycles. The van der Waals surface area contributed by atoms with Crippen LogP contribution in [0.15, 0.2) is 130 Å². The van der Waals surface area contributed by atoms with Crippen LogP contribution in [0.3, 0.4) is 0 Å². The van der Waals surface area contributed by atoms with Crippen LogP contribution in [0.2, 0.25) is 0 Å². The molecule has 3 nitrogen and oxygen atoms in total. The maximum Gasteiger partial charge on any atom is 0.524 e. The van der Waals surface area contributed by atoms with Crippen LogP contribution in [0.4, 0.5) is 13.2 Å². The first-order valence-electron chi connectivity index (χ1n) is 9.85. The Bertz CT molecular complexity index is 1270. The number of benzene rings is 4. The Labute approximate surface area is 192 Å². The quantitative estimate of drug-likeness (QED) is 0.265. The molecular formula is C25H19F3O3S2. The van der Waals surface area contributed by atoms with Crippen LogP contribution in [0.1, 0.15) is 0 Å². The lowest BCUT2D eigenvalue weighted by atomic mass is 10.1. The van der Waals surface area contributed by atoms with E-state index in [1.165, 1.54) is 0 Å². The summed E-state index contributed by atoms with van der Waals surface area (Å²) < 4.78 is 70.4. The van der Waals surface area contributed by atoms with Crippen molar-refractivity contribution in [3.63, 3.8) is 0 Å². The number of alkyl halides is 3. The summed E-state index contributed by atoms with van der Waals surface area (Å²) in [5, 5.41) is 0. The molecule has 170 valence electrons. The molecule has 4 rings (SSSR count).